The molecule has 0 amide bonds. The monoisotopic (exact) mass is 672 g/mol. The average molecular weight is 673 g/mol. The molecule has 0 radical (unpaired) electrons. The van der Waals surface area contributed by atoms with Gasteiger partial charge in [0.05, 0.1) is 5.54 Å². The highest BCUT2D eigenvalue weighted by Gasteiger charge is 2.62. The van der Waals surface area contributed by atoms with Gasteiger partial charge in [-0.2, -0.15) is 0 Å². The molecule has 2 unspecified atom stereocenters. The van der Waals surface area contributed by atoms with E-state index in [4.69, 9.17) is 0 Å². The maximum absolute atomic E-state index is 2.88. The van der Waals surface area contributed by atoms with Crippen molar-refractivity contribution in [2.75, 3.05) is 9.71 Å². The van der Waals surface area contributed by atoms with Crippen LogP contribution in [0, 0.1) is 27.7 Å². The summed E-state index contributed by atoms with van der Waals surface area (Å²) in [7, 11) is 0. The van der Waals surface area contributed by atoms with E-state index in [-0.39, 0.29) is 17.8 Å². The lowest BCUT2D eigenvalue weighted by atomic mass is 9.43. The summed E-state index contributed by atoms with van der Waals surface area (Å²) in [6, 6.07) is 40.3. The number of benzene rings is 6. The highest BCUT2D eigenvalue weighted by atomic mass is 15.3. The van der Waals surface area contributed by atoms with Crippen molar-refractivity contribution < 1.29 is 0 Å². The number of hydrogen-bond acceptors (Lipinski definition) is 2. The van der Waals surface area contributed by atoms with Gasteiger partial charge in [0.1, 0.15) is 0 Å². The second-order valence-corrected chi connectivity index (χ2v) is 17.1. The number of rotatable bonds is 2. The Labute approximate surface area is 309 Å². The number of aryl methyl sites for hydroxylation is 4. The number of fused-ring (bicyclic) bond motifs is 11. The van der Waals surface area contributed by atoms with E-state index in [0.717, 1.165) is 6.42 Å². The van der Waals surface area contributed by atoms with Crippen molar-refractivity contribution in [3.8, 4) is 33.4 Å². The van der Waals surface area contributed by atoms with Crippen molar-refractivity contribution in [3.05, 3.63) is 142 Å². The minimum atomic E-state index is -0.0102. The van der Waals surface area contributed by atoms with Crippen LogP contribution in [0.5, 0.6) is 0 Å². The molecule has 0 saturated heterocycles. The van der Waals surface area contributed by atoms with Crippen LogP contribution in [-0.4, -0.2) is 12.4 Å². The van der Waals surface area contributed by atoms with Gasteiger partial charge in [-0.15, -0.1) is 0 Å². The molecule has 254 valence electrons. The van der Waals surface area contributed by atoms with Crippen molar-refractivity contribution in [3.63, 3.8) is 0 Å². The Balaban J connectivity index is 1.32. The fourth-order valence-electron chi connectivity index (χ4n) is 11.6. The van der Waals surface area contributed by atoms with E-state index in [1.807, 2.05) is 0 Å². The lowest BCUT2D eigenvalue weighted by Gasteiger charge is -2.53. The number of nitrogens with zero attached hydrogens (tertiary/aromatic N) is 2. The van der Waals surface area contributed by atoms with Crippen molar-refractivity contribution in [1.82, 2.24) is 0 Å². The molecule has 11 rings (SSSR count). The predicted octanol–water partition coefficient (Wildman–Crippen LogP) is 11.1. The van der Waals surface area contributed by atoms with Crippen LogP contribution in [0.2, 0.25) is 0 Å². The van der Waals surface area contributed by atoms with Gasteiger partial charge < -0.3 is 9.71 Å². The molecule has 1 fully saturated rings. The summed E-state index contributed by atoms with van der Waals surface area (Å²) in [6.45, 7) is 14.4. The van der Waals surface area contributed by atoms with E-state index < -0.39 is 0 Å². The molecular formula is C49H45BN2. The number of hydrogen-bond donors (Lipinski definition) is 0. The minimum Gasteiger partial charge on any atom is -0.376 e. The van der Waals surface area contributed by atoms with E-state index >= 15 is 0 Å². The van der Waals surface area contributed by atoms with E-state index in [1.54, 1.807) is 5.56 Å². The second kappa shape index (κ2) is 10.3. The largest absolute Gasteiger partial charge is 0.376 e. The fraction of sp³-hybridized carbons (Fsp3) is 0.265. The Morgan fingerprint density at radius 3 is 2.19 bits per heavy atom. The summed E-state index contributed by atoms with van der Waals surface area (Å²) in [5.74, 6) is 0. The summed E-state index contributed by atoms with van der Waals surface area (Å²) >= 11 is 0. The highest BCUT2D eigenvalue weighted by Crippen LogP contribution is 2.63. The standard InChI is InChI=1S/C49H45BN2/c1-29-17-20-43(32(4)23-29)52-46-38(19-18-37-36-16-10-8-14-33(36)26-40(37)46)39-27-34(35-15-9-7-13-31(35)3)28-44-45(39)50(52)42-25-30(2)24-41-47(42)51(44)49(6)22-12-11-21-48(41,49)5/h7-10,13-20,23-25,27-28H,11-12,21-22,26H2,1-6H3. The normalized spacial score (nSPS) is 21.3. The molecule has 5 aliphatic rings. The van der Waals surface area contributed by atoms with Crippen LogP contribution < -0.4 is 20.6 Å². The smallest absolute Gasteiger partial charge is 0.333 e. The number of anilines is 4. The Morgan fingerprint density at radius 1 is 0.596 bits per heavy atom. The Hall–Kier alpha value is -5.02. The van der Waals surface area contributed by atoms with Gasteiger partial charge in [0.25, 0.3) is 0 Å². The molecule has 6 aromatic carbocycles. The Morgan fingerprint density at radius 2 is 1.37 bits per heavy atom. The first-order chi connectivity index (χ1) is 25.2. The highest BCUT2D eigenvalue weighted by molar-refractivity contribution is 6.93. The average Bonchev–Trinajstić information content (AvgIpc) is 3.61. The van der Waals surface area contributed by atoms with Crippen LogP contribution in [-0.2, 0) is 11.8 Å². The molecule has 3 heterocycles. The summed E-state index contributed by atoms with van der Waals surface area (Å²) in [6.07, 6.45) is 5.95. The Kier molecular flexibility index (Phi) is 6.07. The van der Waals surface area contributed by atoms with Crippen LogP contribution in [0.1, 0.15) is 78.5 Å². The third kappa shape index (κ3) is 3.72. The summed E-state index contributed by atoms with van der Waals surface area (Å²) in [5.41, 5.74) is 26.6. The first-order valence-electron chi connectivity index (χ1n) is 19.5. The van der Waals surface area contributed by atoms with E-state index in [1.165, 1.54) is 126 Å². The third-order valence-corrected chi connectivity index (χ3v) is 14.2. The summed E-state index contributed by atoms with van der Waals surface area (Å²) in [4.78, 5) is 5.68. The zero-order valence-corrected chi connectivity index (χ0v) is 31.3. The topological polar surface area (TPSA) is 6.48 Å². The van der Waals surface area contributed by atoms with Gasteiger partial charge in [0, 0.05) is 40.1 Å². The molecule has 2 aliphatic carbocycles. The van der Waals surface area contributed by atoms with Crippen LogP contribution in [0.15, 0.2) is 103 Å². The first-order valence-corrected chi connectivity index (χ1v) is 19.5. The molecule has 6 aromatic rings. The molecule has 0 aromatic heterocycles. The van der Waals surface area contributed by atoms with Crippen molar-refractivity contribution in [1.29, 1.82) is 0 Å². The molecule has 3 aliphatic heterocycles. The lowest BCUT2D eigenvalue weighted by Crippen LogP contribution is -2.65. The summed E-state index contributed by atoms with van der Waals surface area (Å²) in [5, 5.41) is 0. The van der Waals surface area contributed by atoms with E-state index in [2.05, 4.69) is 154 Å². The van der Waals surface area contributed by atoms with Crippen LogP contribution in [0.25, 0.3) is 33.4 Å². The molecule has 0 spiro atoms. The van der Waals surface area contributed by atoms with E-state index in [9.17, 15) is 0 Å². The van der Waals surface area contributed by atoms with Gasteiger partial charge in [-0.3, -0.25) is 0 Å². The minimum absolute atomic E-state index is 0.0102. The SMILES string of the molecule is Cc1ccc(N2B3c4cc(C)cc5c4N(c4cc(-c6ccccc6C)cc(c43)-c3ccc4c(c32)Cc2ccccc2-4)C2(C)CCCCC52C)c(C)c1. The maximum Gasteiger partial charge on any atom is 0.333 e. The predicted molar refractivity (Wildman–Crippen MR) is 221 cm³/mol. The third-order valence-electron chi connectivity index (χ3n) is 14.2. The first kappa shape index (κ1) is 30.6. The van der Waals surface area contributed by atoms with Gasteiger partial charge in [-0.05, 0) is 132 Å². The molecule has 0 bridgehead atoms. The lowest BCUT2D eigenvalue weighted by molar-refractivity contribution is 0.195. The molecular weight excluding hydrogens is 627 g/mol. The zero-order valence-electron chi connectivity index (χ0n) is 31.3. The van der Waals surface area contributed by atoms with Crippen molar-refractivity contribution in [2.24, 2.45) is 0 Å². The van der Waals surface area contributed by atoms with Gasteiger partial charge >= 0.3 is 6.85 Å². The van der Waals surface area contributed by atoms with Gasteiger partial charge in [-0.1, -0.05) is 116 Å². The molecule has 52 heavy (non-hydrogen) atoms. The van der Waals surface area contributed by atoms with Crippen molar-refractivity contribution in [2.45, 2.75) is 84.6 Å². The Bertz CT molecular complexity index is 2560. The van der Waals surface area contributed by atoms with Crippen LogP contribution in [0.4, 0.5) is 22.7 Å². The molecule has 3 heteroatoms. The van der Waals surface area contributed by atoms with Gasteiger partial charge in [0.15, 0.2) is 0 Å². The van der Waals surface area contributed by atoms with Crippen molar-refractivity contribution >= 4 is 40.5 Å². The quantitative estimate of drug-likeness (QED) is 0.169. The zero-order chi connectivity index (χ0) is 35.3. The fourth-order valence-corrected chi connectivity index (χ4v) is 11.6. The van der Waals surface area contributed by atoms with E-state index in [0.29, 0.717) is 0 Å². The van der Waals surface area contributed by atoms with Crippen LogP contribution in [0.3, 0.4) is 0 Å². The van der Waals surface area contributed by atoms with Gasteiger partial charge in [-0.25, -0.2) is 0 Å². The van der Waals surface area contributed by atoms with Gasteiger partial charge in [0.2, 0.25) is 0 Å². The molecule has 1 saturated carbocycles. The summed E-state index contributed by atoms with van der Waals surface area (Å²) < 4.78 is 0. The molecule has 2 nitrogen and oxygen atoms in total. The van der Waals surface area contributed by atoms with Crippen LogP contribution >= 0.6 is 0 Å². The molecule has 2 atom stereocenters. The molecule has 0 N–H and O–H groups in total. The second-order valence-electron chi connectivity index (χ2n) is 17.1. The maximum atomic E-state index is 2.88.